The maximum atomic E-state index is 13.3. The predicted molar refractivity (Wildman–Crippen MR) is 59.5 cm³/mol. The number of amides is 1. The van der Waals surface area contributed by atoms with Crippen LogP contribution < -0.4 is 5.32 Å². The topological polar surface area (TPSA) is 49.3 Å². The number of aliphatic hydroxyl groups is 1. The van der Waals surface area contributed by atoms with Crippen LogP contribution in [-0.4, -0.2) is 23.7 Å². The molecule has 0 aliphatic rings. The van der Waals surface area contributed by atoms with E-state index < -0.39 is 35.0 Å². The highest BCUT2D eigenvalue weighted by Gasteiger charge is 2.19. The fourth-order valence-corrected chi connectivity index (χ4v) is 1.23. The van der Waals surface area contributed by atoms with Gasteiger partial charge in [0, 0.05) is 6.54 Å². The highest BCUT2D eigenvalue weighted by atomic mass is 19.2. The van der Waals surface area contributed by atoms with E-state index in [2.05, 4.69) is 5.32 Å². The number of carbonyl (C=O) groups excluding carboxylic acids is 1. The SMILES string of the molecule is CC(C)C(O)CNC(=O)c1ccc(F)c(F)c1F. The van der Waals surface area contributed by atoms with Gasteiger partial charge < -0.3 is 10.4 Å². The van der Waals surface area contributed by atoms with Gasteiger partial charge in [-0.25, -0.2) is 13.2 Å². The van der Waals surface area contributed by atoms with Crippen molar-refractivity contribution in [2.24, 2.45) is 5.92 Å². The second-order valence-corrected chi connectivity index (χ2v) is 4.24. The fraction of sp³-hybridized carbons (Fsp3) is 0.417. The average Bonchev–Trinajstić information content (AvgIpc) is 2.32. The van der Waals surface area contributed by atoms with Crippen molar-refractivity contribution in [3.63, 3.8) is 0 Å². The van der Waals surface area contributed by atoms with Gasteiger partial charge in [0.25, 0.3) is 5.91 Å². The highest BCUT2D eigenvalue weighted by Crippen LogP contribution is 2.15. The van der Waals surface area contributed by atoms with Crippen LogP contribution in [0, 0.1) is 23.4 Å². The smallest absolute Gasteiger partial charge is 0.254 e. The standard InChI is InChI=1S/C12H14F3NO2/c1-6(2)9(17)5-16-12(18)7-3-4-8(13)11(15)10(7)14/h3-4,6,9,17H,5H2,1-2H3,(H,16,18). The molecule has 0 radical (unpaired) electrons. The summed E-state index contributed by atoms with van der Waals surface area (Å²) in [5.41, 5.74) is -0.593. The monoisotopic (exact) mass is 261 g/mol. The van der Waals surface area contributed by atoms with Crippen molar-refractivity contribution in [1.29, 1.82) is 0 Å². The third kappa shape index (κ3) is 3.22. The summed E-state index contributed by atoms with van der Waals surface area (Å²) in [5, 5.41) is 11.7. The van der Waals surface area contributed by atoms with Crippen LogP contribution >= 0.6 is 0 Å². The number of nitrogens with one attached hydrogen (secondary N) is 1. The van der Waals surface area contributed by atoms with E-state index in [-0.39, 0.29) is 12.5 Å². The van der Waals surface area contributed by atoms with Crippen LogP contribution in [0.1, 0.15) is 24.2 Å². The quantitative estimate of drug-likeness (QED) is 0.813. The minimum atomic E-state index is -1.69. The minimum Gasteiger partial charge on any atom is -0.391 e. The third-order valence-corrected chi connectivity index (χ3v) is 2.52. The molecule has 0 aromatic heterocycles. The molecular formula is C12H14F3NO2. The van der Waals surface area contributed by atoms with Gasteiger partial charge >= 0.3 is 0 Å². The molecule has 1 amide bonds. The second-order valence-electron chi connectivity index (χ2n) is 4.24. The Hall–Kier alpha value is -1.56. The Morgan fingerprint density at radius 1 is 1.28 bits per heavy atom. The fourth-order valence-electron chi connectivity index (χ4n) is 1.23. The summed E-state index contributed by atoms with van der Waals surface area (Å²) in [6, 6.07) is 1.52. The van der Waals surface area contributed by atoms with Crippen LogP contribution in [0.2, 0.25) is 0 Å². The third-order valence-electron chi connectivity index (χ3n) is 2.52. The lowest BCUT2D eigenvalue weighted by Gasteiger charge is -2.15. The van der Waals surface area contributed by atoms with Gasteiger partial charge in [-0.05, 0) is 18.1 Å². The number of hydrogen-bond acceptors (Lipinski definition) is 2. The van der Waals surface area contributed by atoms with Crippen LogP contribution in [0.3, 0.4) is 0 Å². The van der Waals surface area contributed by atoms with Crippen molar-refractivity contribution in [3.05, 3.63) is 35.1 Å². The molecule has 0 bridgehead atoms. The van der Waals surface area contributed by atoms with Gasteiger partial charge in [0.15, 0.2) is 17.5 Å². The number of aliphatic hydroxyl groups excluding tert-OH is 1. The largest absolute Gasteiger partial charge is 0.391 e. The molecular weight excluding hydrogens is 247 g/mol. The first-order valence-corrected chi connectivity index (χ1v) is 5.44. The first-order chi connectivity index (χ1) is 8.34. The molecule has 0 aliphatic carbocycles. The molecule has 0 spiro atoms. The average molecular weight is 261 g/mol. The molecule has 2 N–H and O–H groups in total. The van der Waals surface area contributed by atoms with Crippen LogP contribution in [-0.2, 0) is 0 Å². The van der Waals surface area contributed by atoms with Crippen LogP contribution in [0.25, 0.3) is 0 Å². The Morgan fingerprint density at radius 3 is 2.44 bits per heavy atom. The number of benzene rings is 1. The molecule has 0 heterocycles. The number of carbonyl (C=O) groups is 1. The van der Waals surface area contributed by atoms with E-state index in [4.69, 9.17) is 0 Å². The molecule has 18 heavy (non-hydrogen) atoms. The van der Waals surface area contributed by atoms with E-state index >= 15 is 0 Å². The summed E-state index contributed by atoms with van der Waals surface area (Å²) in [5.74, 6) is -5.56. The summed E-state index contributed by atoms with van der Waals surface area (Å²) in [4.78, 5) is 11.5. The highest BCUT2D eigenvalue weighted by molar-refractivity contribution is 5.94. The zero-order valence-electron chi connectivity index (χ0n) is 10.0. The summed E-state index contributed by atoms with van der Waals surface area (Å²) < 4.78 is 38.8. The van der Waals surface area contributed by atoms with Crippen molar-refractivity contribution in [1.82, 2.24) is 5.32 Å². The predicted octanol–water partition coefficient (Wildman–Crippen LogP) is 1.85. The van der Waals surface area contributed by atoms with Gasteiger partial charge in [-0.2, -0.15) is 0 Å². The number of rotatable bonds is 4. The summed E-state index contributed by atoms with van der Waals surface area (Å²) in [6.07, 6.45) is -0.790. The maximum Gasteiger partial charge on any atom is 0.254 e. The van der Waals surface area contributed by atoms with Crippen molar-refractivity contribution in [2.45, 2.75) is 20.0 Å². The summed E-state index contributed by atoms with van der Waals surface area (Å²) in [7, 11) is 0. The Balaban J connectivity index is 2.77. The lowest BCUT2D eigenvalue weighted by Crippen LogP contribution is -2.35. The van der Waals surface area contributed by atoms with Crippen molar-refractivity contribution in [2.75, 3.05) is 6.54 Å². The Kier molecular flexibility index (Phi) is 4.72. The van der Waals surface area contributed by atoms with Gasteiger partial charge in [0.05, 0.1) is 11.7 Å². The zero-order valence-corrected chi connectivity index (χ0v) is 10.0. The van der Waals surface area contributed by atoms with E-state index in [0.717, 1.165) is 6.07 Å². The molecule has 1 aromatic carbocycles. The van der Waals surface area contributed by atoms with E-state index in [9.17, 15) is 23.1 Å². The van der Waals surface area contributed by atoms with Gasteiger partial charge in [-0.1, -0.05) is 13.8 Å². The lowest BCUT2D eigenvalue weighted by molar-refractivity contribution is 0.0867. The Labute approximate surface area is 103 Å². The normalized spacial score (nSPS) is 12.6. The molecule has 0 aliphatic heterocycles. The molecule has 3 nitrogen and oxygen atoms in total. The molecule has 0 saturated carbocycles. The van der Waals surface area contributed by atoms with Crippen LogP contribution in [0.4, 0.5) is 13.2 Å². The molecule has 1 atom stereocenters. The Bertz CT molecular complexity index is 449. The molecule has 6 heteroatoms. The minimum absolute atomic E-state index is 0.0832. The van der Waals surface area contributed by atoms with Crippen molar-refractivity contribution < 1.29 is 23.1 Å². The van der Waals surface area contributed by atoms with Crippen molar-refractivity contribution >= 4 is 5.91 Å². The maximum absolute atomic E-state index is 13.3. The number of hydrogen-bond donors (Lipinski definition) is 2. The van der Waals surface area contributed by atoms with Gasteiger partial charge in [-0.15, -0.1) is 0 Å². The van der Waals surface area contributed by atoms with Crippen LogP contribution in [0.15, 0.2) is 12.1 Å². The van der Waals surface area contributed by atoms with Gasteiger partial charge in [0.2, 0.25) is 0 Å². The molecule has 0 saturated heterocycles. The Morgan fingerprint density at radius 2 is 1.89 bits per heavy atom. The van der Waals surface area contributed by atoms with E-state index in [0.29, 0.717) is 6.07 Å². The lowest BCUT2D eigenvalue weighted by atomic mass is 10.1. The van der Waals surface area contributed by atoms with Gasteiger partial charge in [-0.3, -0.25) is 4.79 Å². The van der Waals surface area contributed by atoms with Crippen LogP contribution in [0.5, 0.6) is 0 Å². The first-order valence-electron chi connectivity index (χ1n) is 5.44. The van der Waals surface area contributed by atoms with E-state index in [1.807, 2.05) is 0 Å². The first kappa shape index (κ1) is 14.5. The molecule has 100 valence electrons. The van der Waals surface area contributed by atoms with E-state index in [1.54, 1.807) is 13.8 Å². The molecule has 1 unspecified atom stereocenters. The zero-order chi connectivity index (χ0) is 13.9. The van der Waals surface area contributed by atoms with Crippen molar-refractivity contribution in [3.8, 4) is 0 Å². The number of halogens is 3. The molecule has 1 rings (SSSR count). The summed E-state index contributed by atoms with van der Waals surface area (Å²) in [6.45, 7) is 3.40. The summed E-state index contributed by atoms with van der Waals surface area (Å²) >= 11 is 0. The van der Waals surface area contributed by atoms with E-state index in [1.165, 1.54) is 0 Å². The molecule has 0 fully saturated rings. The van der Waals surface area contributed by atoms with Gasteiger partial charge in [0.1, 0.15) is 0 Å². The second kappa shape index (κ2) is 5.86. The molecule has 1 aromatic rings.